The largest absolute Gasteiger partial charge is 0.506 e. The number of nitrogens with zero attached hydrogens (tertiary/aromatic N) is 2. The Morgan fingerprint density at radius 1 is 1.29 bits per heavy atom. The van der Waals surface area contributed by atoms with Gasteiger partial charge in [-0.25, -0.2) is 9.97 Å². The van der Waals surface area contributed by atoms with Crippen LogP contribution < -0.4 is 5.32 Å². The number of benzene rings is 1. The fourth-order valence-electron chi connectivity index (χ4n) is 2.71. The molecule has 0 saturated heterocycles. The van der Waals surface area contributed by atoms with E-state index in [2.05, 4.69) is 15.3 Å². The summed E-state index contributed by atoms with van der Waals surface area (Å²) < 4.78 is 40.1. The van der Waals surface area contributed by atoms with Gasteiger partial charge in [-0.15, -0.1) is 11.3 Å². The van der Waals surface area contributed by atoms with Crippen LogP contribution in [0.4, 0.5) is 18.3 Å². The van der Waals surface area contributed by atoms with Crippen molar-refractivity contribution < 1.29 is 28.2 Å². The topological polar surface area (TPSA) is 95.3 Å². The summed E-state index contributed by atoms with van der Waals surface area (Å²) in [6, 6.07) is 3.18. The number of anilines is 1. The van der Waals surface area contributed by atoms with E-state index in [0.717, 1.165) is 23.5 Å². The molecule has 1 unspecified atom stereocenters. The van der Waals surface area contributed by atoms with Gasteiger partial charge in [0.15, 0.2) is 5.13 Å². The molecule has 10 heteroatoms. The quantitative estimate of drug-likeness (QED) is 0.593. The summed E-state index contributed by atoms with van der Waals surface area (Å²) in [5, 5.41) is 25.2. The van der Waals surface area contributed by atoms with Gasteiger partial charge >= 0.3 is 6.18 Å². The zero-order valence-corrected chi connectivity index (χ0v) is 15.6. The number of aromatic hydroxyl groups is 1. The summed E-state index contributed by atoms with van der Waals surface area (Å²) >= 11 is 1.13. The normalized spacial score (nSPS) is 13.1. The van der Waals surface area contributed by atoms with E-state index >= 15 is 0 Å². The molecule has 1 aromatic carbocycles. The summed E-state index contributed by atoms with van der Waals surface area (Å²) in [7, 11) is 0. The number of aromatic nitrogens is 2. The fourth-order valence-corrected chi connectivity index (χ4v) is 3.24. The highest BCUT2D eigenvalue weighted by Crippen LogP contribution is 2.40. The van der Waals surface area contributed by atoms with E-state index in [0.29, 0.717) is 0 Å². The highest BCUT2D eigenvalue weighted by atomic mass is 32.1. The minimum atomic E-state index is -4.72. The number of para-hydroxylation sites is 1. The van der Waals surface area contributed by atoms with Crippen molar-refractivity contribution in [2.24, 2.45) is 5.92 Å². The Morgan fingerprint density at radius 2 is 2.00 bits per heavy atom. The molecule has 0 aliphatic rings. The lowest BCUT2D eigenvalue weighted by atomic mass is 9.96. The first kappa shape index (κ1) is 20.0. The molecule has 0 radical (unpaired) electrons. The molecular formula is C18H16F3N3O3S. The molecule has 3 aromatic rings. The SMILES string of the molecule is CC(C)C(O)c1nc2c(C(F)(F)F)cccc2c(O)c1C(=O)Nc1nccs1. The molecule has 148 valence electrons. The zero-order chi connectivity index (χ0) is 20.6. The number of hydrogen-bond donors (Lipinski definition) is 3. The van der Waals surface area contributed by atoms with E-state index in [-0.39, 0.29) is 21.8 Å². The van der Waals surface area contributed by atoms with Gasteiger partial charge in [0.1, 0.15) is 11.3 Å². The average Bonchev–Trinajstić information content (AvgIpc) is 3.12. The molecule has 0 fully saturated rings. The minimum absolute atomic E-state index is 0.235. The third-order valence-corrected chi connectivity index (χ3v) is 4.80. The minimum Gasteiger partial charge on any atom is -0.506 e. The Labute approximate surface area is 161 Å². The van der Waals surface area contributed by atoms with Gasteiger partial charge in [0, 0.05) is 17.0 Å². The van der Waals surface area contributed by atoms with Crippen LogP contribution in [-0.2, 0) is 6.18 Å². The molecule has 0 aliphatic heterocycles. The van der Waals surface area contributed by atoms with Crippen LogP contribution in [0.2, 0.25) is 0 Å². The Kier molecular flexibility index (Phi) is 5.26. The van der Waals surface area contributed by atoms with Gasteiger partial charge in [-0.2, -0.15) is 13.2 Å². The number of fused-ring (bicyclic) bond motifs is 1. The highest BCUT2D eigenvalue weighted by molar-refractivity contribution is 7.13. The first-order valence-electron chi connectivity index (χ1n) is 8.23. The number of alkyl halides is 3. The second-order valence-corrected chi connectivity index (χ2v) is 7.29. The number of hydrogen-bond acceptors (Lipinski definition) is 6. The molecular weight excluding hydrogens is 395 g/mol. The number of aliphatic hydroxyl groups is 1. The summed E-state index contributed by atoms with van der Waals surface area (Å²) in [4.78, 5) is 20.6. The van der Waals surface area contributed by atoms with E-state index in [1.165, 1.54) is 12.3 Å². The van der Waals surface area contributed by atoms with Crippen LogP contribution in [0.3, 0.4) is 0 Å². The molecule has 0 spiro atoms. The van der Waals surface area contributed by atoms with Crippen molar-refractivity contribution in [3.8, 4) is 5.75 Å². The van der Waals surface area contributed by atoms with Crippen molar-refractivity contribution in [2.45, 2.75) is 26.1 Å². The molecule has 0 aliphatic carbocycles. The Hall–Kier alpha value is -2.72. The van der Waals surface area contributed by atoms with Gasteiger partial charge in [-0.1, -0.05) is 19.9 Å². The average molecular weight is 411 g/mol. The van der Waals surface area contributed by atoms with Crippen molar-refractivity contribution in [3.63, 3.8) is 0 Å². The Balaban J connectivity index is 2.28. The number of nitrogens with one attached hydrogen (secondary N) is 1. The maximum atomic E-state index is 13.4. The van der Waals surface area contributed by atoms with Crippen molar-refractivity contribution in [2.75, 3.05) is 5.32 Å². The van der Waals surface area contributed by atoms with Crippen LogP contribution in [0.5, 0.6) is 5.75 Å². The van der Waals surface area contributed by atoms with Gasteiger partial charge in [0.25, 0.3) is 5.91 Å². The van der Waals surface area contributed by atoms with Crippen LogP contribution in [0, 0.1) is 5.92 Å². The molecule has 0 saturated carbocycles. The predicted molar refractivity (Wildman–Crippen MR) is 98.3 cm³/mol. The summed E-state index contributed by atoms with van der Waals surface area (Å²) in [5.74, 6) is -1.97. The molecule has 3 N–H and O–H groups in total. The number of carbonyl (C=O) groups excluding carboxylic acids is 1. The summed E-state index contributed by atoms with van der Waals surface area (Å²) in [6.07, 6.45) is -4.63. The smallest absolute Gasteiger partial charge is 0.418 e. The van der Waals surface area contributed by atoms with Crippen LogP contribution in [0.1, 0.15) is 41.6 Å². The maximum absolute atomic E-state index is 13.4. The first-order valence-corrected chi connectivity index (χ1v) is 9.11. The highest BCUT2D eigenvalue weighted by Gasteiger charge is 2.35. The molecule has 6 nitrogen and oxygen atoms in total. The number of aliphatic hydroxyl groups excluding tert-OH is 1. The van der Waals surface area contributed by atoms with Crippen LogP contribution in [-0.4, -0.2) is 26.1 Å². The van der Waals surface area contributed by atoms with Crippen molar-refractivity contribution in [1.82, 2.24) is 9.97 Å². The summed E-state index contributed by atoms with van der Waals surface area (Å²) in [5.41, 5.74) is -2.31. The van der Waals surface area contributed by atoms with Crippen molar-refractivity contribution in [1.29, 1.82) is 0 Å². The van der Waals surface area contributed by atoms with E-state index in [1.807, 2.05) is 0 Å². The van der Waals surface area contributed by atoms with E-state index in [1.54, 1.807) is 19.2 Å². The summed E-state index contributed by atoms with van der Waals surface area (Å²) in [6.45, 7) is 3.23. The zero-order valence-electron chi connectivity index (χ0n) is 14.8. The van der Waals surface area contributed by atoms with Crippen molar-refractivity contribution >= 4 is 33.3 Å². The Morgan fingerprint density at radius 3 is 2.57 bits per heavy atom. The monoisotopic (exact) mass is 411 g/mol. The third-order valence-electron chi connectivity index (χ3n) is 4.11. The molecule has 0 bridgehead atoms. The molecule has 1 atom stereocenters. The molecule has 2 aromatic heterocycles. The predicted octanol–water partition coefficient (Wildman–Crippen LogP) is 4.36. The first-order chi connectivity index (χ1) is 13.1. The van der Waals surface area contributed by atoms with Gasteiger partial charge in [0.05, 0.1) is 22.9 Å². The third kappa shape index (κ3) is 3.65. The van der Waals surface area contributed by atoms with Crippen LogP contribution >= 0.6 is 11.3 Å². The molecule has 1 amide bonds. The van der Waals surface area contributed by atoms with E-state index in [4.69, 9.17) is 0 Å². The van der Waals surface area contributed by atoms with Gasteiger partial charge in [0.2, 0.25) is 0 Å². The lowest BCUT2D eigenvalue weighted by Crippen LogP contribution is -2.20. The molecule has 3 rings (SSSR count). The number of thiazole rings is 1. The van der Waals surface area contributed by atoms with Crippen LogP contribution in [0.25, 0.3) is 10.9 Å². The van der Waals surface area contributed by atoms with E-state index in [9.17, 15) is 28.2 Å². The van der Waals surface area contributed by atoms with E-state index < -0.39 is 40.9 Å². The number of halogens is 3. The van der Waals surface area contributed by atoms with Crippen molar-refractivity contribution in [3.05, 3.63) is 46.6 Å². The van der Waals surface area contributed by atoms with Gasteiger partial charge < -0.3 is 10.2 Å². The molecule has 2 heterocycles. The second kappa shape index (κ2) is 7.36. The number of amides is 1. The van der Waals surface area contributed by atoms with Crippen LogP contribution in [0.15, 0.2) is 29.8 Å². The Bertz CT molecular complexity index is 1020. The lowest BCUT2D eigenvalue weighted by Gasteiger charge is -2.20. The second-order valence-electron chi connectivity index (χ2n) is 6.40. The fraction of sp³-hybridized carbons (Fsp3) is 0.278. The number of rotatable bonds is 4. The lowest BCUT2D eigenvalue weighted by molar-refractivity contribution is -0.136. The maximum Gasteiger partial charge on any atom is 0.418 e. The standard InChI is InChI=1S/C18H16F3N3O3S/c1-8(2)14(25)13-11(16(27)24-17-22-6-7-28-17)15(26)9-4-3-5-10(12(9)23-13)18(19,20)21/h3-8,14,25H,1-2H3,(H,23,26)(H,22,24,27). The molecule has 28 heavy (non-hydrogen) atoms. The van der Waals surface area contributed by atoms with Gasteiger partial charge in [-0.3, -0.25) is 10.1 Å². The van der Waals surface area contributed by atoms with Gasteiger partial charge in [-0.05, 0) is 18.1 Å². The number of pyridine rings is 1. The number of carbonyl (C=O) groups is 1.